The number of aromatic hydroxyl groups is 4. The number of Topliss-reactive ketones (excluding diaryl/α,β-unsaturated/α-hetero) is 1. The van der Waals surface area contributed by atoms with Crippen LogP contribution in [0.25, 0.3) is 0 Å². The van der Waals surface area contributed by atoms with Crippen molar-refractivity contribution in [3.8, 4) is 23.0 Å². The van der Waals surface area contributed by atoms with Gasteiger partial charge in [0.15, 0.2) is 0 Å². The predicted molar refractivity (Wildman–Crippen MR) is 127 cm³/mol. The highest BCUT2D eigenvalue weighted by Crippen LogP contribution is 2.25. The summed E-state index contributed by atoms with van der Waals surface area (Å²) in [6.45, 7) is 0. The van der Waals surface area contributed by atoms with Gasteiger partial charge in [-0.25, -0.2) is 0 Å². The van der Waals surface area contributed by atoms with Crippen LogP contribution in [0.3, 0.4) is 0 Å². The molecule has 0 aromatic heterocycles. The second-order valence-electron chi connectivity index (χ2n) is 8.70. The van der Waals surface area contributed by atoms with Crippen LogP contribution in [-0.4, -0.2) is 26.2 Å². The van der Waals surface area contributed by atoms with Gasteiger partial charge in [-0.15, -0.1) is 0 Å². The quantitative estimate of drug-likeness (QED) is 0.175. The number of phenolic OH excluding ortho intramolecular Hbond substituents is 4. The fourth-order valence-electron chi connectivity index (χ4n) is 4.01. The summed E-state index contributed by atoms with van der Waals surface area (Å²) in [6.07, 6.45) is 13.1. The molecule has 0 aliphatic carbocycles. The molecule has 0 aliphatic rings. The van der Waals surface area contributed by atoms with Gasteiger partial charge in [-0.3, -0.25) is 4.79 Å². The Labute approximate surface area is 191 Å². The molecule has 0 bridgehead atoms. The van der Waals surface area contributed by atoms with Crippen LogP contribution in [0.1, 0.15) is 88.2 Å². The summed E-state index contributed by atoms with van der Waals surface area (Å²) in [5, 5.41) is 38.5. The minimum atomic E-state index is 0.185. The number of unbranched alkanes of at least 4 members (excludes halogenated alkanes) is 8. The second-order valence-corrected chi connectivity index (χ2v) is 8.70. The van der Waals surface area contributed by atoms with Gasteiger partial charge in [0.05, 0.1) is 0 Å². The van der Waals surface area contributed by atoms with Gasteiger partial charge in [0, 0.05) is 12.8 Å². The number of hydrogen-bond acceptors (Lipinski definition) is 5. The van der Waals surface area contributed by atoms with Crippen molar-refractivity contribution in [2.45, 2.75) is 89.9 Å². The zero-order valence-electron chi connectivity index (χ0n) is 19.1. The fraction of sp³-hybridized carbons (Fsp3) is 0.519. The van der Waals surface area contributed by atoms with Crippen LogP contribution < -0.4 is 0 Å². The number of rotatable bonds is 16. The Morgan fingerprint density at radius 2 is 0.906 bits per heavy atom. The summed E-state index contributed by atoms with van der Waals surface area (Å²) in [7, 11) is 0. The van der Waals surface area contributed by atoms with Gasteiger partial charge < -0.3 is 20.4 Å². The molecule has 0 unspecified atom stereocenters. The zero-order valence-corrected chi connectivity index (χ0v) is 19.1. The molecule has 32 heavy (non-hydrogen) atoms. The number of aryl methyl sites for hydroxylation is 2. The molecule has 0 atom stereocenters. The predicted octanol–water partition coefficient (Wildman–Crippen LogP) is 6.54. The number of hydrogen-bond donors (Lipinski definition) is 4. The third-order valence-corrected chi connectivity index (χ3v) is 5.93. The standard InChI is InChI=1S/C27H38O5/c28-23(13-9-5-1-3-7-11-21-19-24(29)15-17-26(21)31)14-10-6-2-4-8-12-22-20-25(30)16-18-27(22)32/h15-20,29-32H,1-14H2. The van der Waals surface area contributed by atoms with Gasteiger partial charge in [-0.2, -0.15) is 0 Å². The van der Waals surface area contributed by atoms with Crippen LogP contribution in [-0.2, 0) is 17.6 Å². The van der Waals surface area contributed by atoms with E-state index in [0.717, 1.165) is 88.2 Å². The smallest absolute Gasteiger partial charge is 0.132 e. The highest BCUT2D eigenvalue weighted by atomic mass is 16.3. The lowest BCUT2D eigenvalue weighted by Crippen LogP contribution is -1.98. The topological polar surface area (TPSA) is 98.0 Å². The van der Waals surface area contributed by atoms with E-state index in [2.05, 4.69) is 0 Å². The summed E-state index contributed by atoms with van der Waals surface area (Å²) in [5.41, 5.74) is 1.58. The molecular weight excluding hydrogens is 404 g/mol. The van der Waals surface area contributed by atoms with E-state index in [0.29, 0.717) is 18.6 Å². The molecule has 0 radical (unpaired) electrons. The van der Waals surface area contributed by atoms with Gasteiger partial charge in [0.1, 0.15) is 28.8 Å². The van der Waals surface area contributed by atoms with Crippen molar-refractivity contribution in [2.75, 3.05) is 0 Å². The molecule has 0 aliphatic heterocycles. The van der Waals surface area contributed by atoms with Crippen LogP contribution in [0.4, 0.5) is 0 Å². The number of ketones is 1. The zero-order chi connectivity index (χ0) is 23.2. The van der Waals surface area contributed by atoms with Gasteiger partial charge in [-0.05, 0) is 86.1 Å². The average Bonchev–Trinajstić information content (AvgIpc) is 2.77. The van der Waals surface area contributed by atoms with Gasteiger partial charge in [0.2, 0.25) is 0 Å². The molecule has 0 heterocycles. The highest BCUT2D eigenvalue weighted by Gasteiger charge is 2.05. The number of benzene rings is 2. The van der Waals surface area contributed by atoms with Crippen LogP contribution in [0, 0.1) is 0 Å². The van der Waals surface area contributed by atoms with E-state index in [4.69, 9.17) is 0 Å². The van der Waals surface area contributed by atoms with E-state index in [1.54, 1.807) is 12.1 Å². The first-order valence-electron chi connectivity index (χ1n) is 12.0. The maximum absolute atomic E-state index is 12.0. The van der Waals surface area contributed by atoms with Crippen molar-refractivity contribution in [3.63, 3.8) is 0 Å². The first-order valence-corrected chi connectivity index (χ1v) is 12.0. The van der Waals surface area contributed by atoms with Crippen molar-refractivity contribution in [2.24, 2.45) is 0 Å². The lowest BCUT2D eigenvalue weighted by molar-refractivity contribution is -0.119. The SMILES string of the molecule is O=C(CCCCCCCc1cc(O)ccc1O)CCCCCCCc1cc(O)ccc1O. The third-order valence-electron chi connectivity index (χ3n) is 5.93. The fourth-order valence-corrected chi connectivity index (χ4v) is 4.01. The molecule has 4 N–H and O–H groups in total. The Bertz CT molecular complexity index is 763. The molecule has 0 amide bonds. The lowest BCUT2D eigenvalue weighted by atomic mass is 10.0. The summed E-state index contributed by atoms with van der Waals surface area (Å²) >= 11 is 0. The maximum Gasteiger partial charge on any atom is 0.132 e. The number of carbonyl (C=O) groups is 1. The van der Waals surface area contributed by atoms with E-state index >= 15 is 0 Å². The van der Waals surface area contributed by atoms with Gasteiger partial charge in [0.25, 0.3) is 0 Å². The van der Waals surface area contributed by atoms with Crippen LogP contribution in [0.5, 0.6) is 23.0 Å². The molecule has 2 rings (SSSR count). The van der Waals surface area contributed by atoms with E-state index in [-0.39, 0.29) is 23.0 Å². The molecule has 2 aromatic rings. The van der Waals surface area contributed by atoms with E-state index < -0.39 is 0 Å². The molecule has 0 saturated heterocycles. The number of carbonyl (C=O) groups excluding carboxylic acids is 1. The van der Waals surface area contributed by atoms with Crippen molar-refractivity contribution in [3.05, 3.63) is 47.5 Å². The van der Waals surface area contributed by atoms with Crippen molar-refractivity contribution >= 4 is 5.78 Å². The molecule has 0 fully saturated rings. The van der Waals surface area contributed by atoms with Crippen LogP contribution in [0.15, 0.2) is 36.4 Å². The Morgan fingerprint density at radius 1 is 0.531 bits per heavy atom. The van der Waals surface area contributed by atoms with E-state index in [1.165, 1.54) is 24.3 Å². The third kappa shape index (κ3) is 10.1. The van der Waals surface area contributed by atoms with Crippen molar-refractivity contribution in [1.29, 1.82) is 0 Å². The molecular formula is C27H38O5. The lowest BCUT2D eigenvalue weighted by Gasteiger charge is -2.06. The first kappa shape index (κ1) is 25.6. The van der Waals surface area contributed by atoms with Crippen LogP contribution >= 0.6 is 0 Å². The van der Waals surface area contributed by atoms with Crippen LogP contribution in [0.2, 0.25) is 0 Å². The van der Waals surface area contributed by atoms with Gasteiger partial charge >= 0.3 is 0 Å². The highest BCUT2D eigenvalue weighted by molar-refractivity contribution is 5.78. The Kier molecular flexibility index (Phi) is 11.5. The van der Waals surface area contributed by atoms with Gasteiger partial charge in [-0.1, -0.05) is 38.5 Å². The molecule has 0 spiro atoms. The van der Waals surface area contributed by atoms with Crippen molar-refractivity contribution in [1.82, 2.24) is 0 Å². The van der Waals surface area contributed by atoms with Crippen molar-refractivity contribution < 1.29 is 25.2 Å². The molecule has 2 aromatic carbocycles. The number of phenols is 4. The molecule has 5 nitrogen and oxygen atoms in total. The minimum absolute atomic E-state index is 0.185. The first-order chi connectivity index (χ1) is 15.5. The summed E-state index contributed by atoms with van der Waals surface area (Å²) in [5.74, 6) is 1.21. The Morgan fingerprint density at radius 3 is 1.34 bits per heavy atom. The molecule has 0 saturated carbocycles. The van der Waals surface area contributed by atoms with E-state index in [9.17, 15) is 25.2 Å². The normalized spacial score (nSPS) is 11.0. The molecule has 176 valence electrons. The monoisotopic (exact) mass is 442 g/mol. The largest absolute Gasteiger partial charge is 0.508 e. The summed E-state index contributed by atoms with van der Waals surface area (Å²) < 4.78 is 0. The second kappa shape index (κ2) is 14.4. The maximum atomic E-state index is 12.0. The van der Waals surface area contributed by atoms with E-state index in [1.807, 2.05) is 0 Å². The average molecular weight is 443 g/mol. The minimum Gasteiger partial charge on any atom is -0.508 e. The Hall–Kier alpha value is -2.69. The summed E-state index contributed by atoms with van der Waals surface area (Å²) in [4.78, 5) is 12.0. The summed E-state index contributed by atoms with van der Waals surface area (Å²) in [6, 6.07) is 9.27. The molecule has 5 heteroatoms. The Balaban J connectivity index is 1.40.